The highest BCUT2D eigenvalue weighted by Crippen LogP contribution is 2.28. The van der Waals surface area contributed by atoms with Crippen LogP contribution in [0.3, 0.4) is 0 Å². The topological polar surface area (TPSA) is 62.3 Å². The first kappa shape index (κ1) is 12.0. The van der Waals surface area contributed by atoms with Crippen molar-refractivity contribution in [2.45, 2.75) is 33.2 Å². The van der Waals surface area contributed by atoms with Crippen LogP contribution in [0.2, 0.25) is 0 Å². The average molecular weight is 253 g/mol. The van der Waals surface area contributed by atoms with Crippen molar-refractivity contribution in [3.05, 3.63) is 10.6 Å². The number of nitrogens with one attached hydrogen (secondary N) is 1. The van der Waals surface area contributed by atoms with E-state index in [9.17, 15) is 9.59 Å². The zero-order valence-corrected chi connectivity index (χ0v) is 10.8. The van der Waals surface area contributed by atoms with Crippen LogP contribution in [0.25, 0.3) is 0 Å². The lowest BCUT2D eigenvalue weighted by molar-refractivity contribution is -0.131. The van der Waals surface area contributed by atoms with Gasteiger partial charge in [-0.2, -0.15) is 0 Å². The van der Waals surface area contributed by atoms with Crippen LogP contribution in [0.15, 0.2) is 0 Å². The minimum Gasteiger partial charge on any atom is -0.337 e. The van der Waals surface area contributed by atoms with Crippen molar-refractivity contribution < 1.29 is 9.59 Å². The van der Waals surface area contributed by atoms with Crippen molar-refractivity contribution in [2.75, 3.05) is 11.9 Å². The fourth-order valence-electron chi connectivity index (χ4n) is 1.84. The molecule has 1 aliphatic rings. The number of fused-ring (bicyclic) bond motifs is 1. The second-order valence-electron chi connectivity index (χ2n) is 3.99. The van der Waals surface area contributed by atoms with E-state index in [0.717, 1.165) is 23.5 Å². The van der Waals surface area contributed by atoms with Crippen LogP contribution in [0.4, 0.5) is 5.13 Å². The molecule has 1 aromatic heterocycles. The SMILES string of the molecule is CCC(=O)N1CCc2nc(NC(C)=O)sc2C1. The molecule has 0 radical (unpaired) electrons. The molecule has 2 heterocycles. The van der Waals surface area contributed by atoms with E-state index in [2.05, 4.69) is 10.3 Å². The van der Waals surface area contributed by atoms with Crippen molar-refractivity contribution >= 4 is 28.3 Å². The van der Waals surface area contributed by atoms with Gasteiger partial charge in [0, 0.05) is 31.2 Å². The van der Waals surface area contributed by atoms with Crippen LogP contribution in [0.5, 0.6) is 0 Å². The minimum atomic E-state index is -0.113. The average Bonchev–Trinajstić information content (AvgIpc) is 2.67. The zero-order chi connectivity index (χ0) is 12.4. The number of aromatic nitrogens is 1. The fraction of sp³-hybridized carbons (Fsp3) is 0.545. The predicted molar refractivity (Wildman–Crippen MR) is 65.8 cm³/mol. The van der Waals surface area contributed by atoms with Crippen LogP contribution < -0.4 is 5.32 Å². The molecule has 0 atom stereocenters. The van der Waals surface area contributed by atoms with Crippen molar-refractivity contribution in [3.63, 3.8) is 0 Å². The summed E-state index contributed by atoms with van der Waals surface area (Å²) in [6.45, 7) is 4.68. The molecule has 1 aromatic rings. The van der Waals surface area contributed by atoms with E-state index in [4.69, 9.17) is 0 Å². The molecule has 0 bridgehead atoms. The number of hydrogen-bond donors (Lipinski definition) is 1. The number of carbonyl (C=O) groups is 2. The van der Waals surface area contributed by atoms with E-state index in [-0.39, 0.29) is 11.8 Å². The Kier molecular flexibility index (Phi) is 3.42. The number of carbonyl (C=O) groups excluding carboxylic acids is 2. The van der Waals surface area contributed by atoms with E-state index < -0.39 is 0 Å². The summed E-state index contributed by atoms with van der Waals surface area (Å²) in [4.78, 5) is 29.8. The summed E-state index contributed by atoms with van der Waals surface area (Å²) < 4.78 is 0. The highest BCUT2D eigenvalue weighted by molar-refractivity contribution is 7.15. The Balaban J connectivity index is 2.12. The maximum absolute atomic E-state index is 11.6. The summed E-state index contributed by atoms with van der Waals surface area (Å²) in [7, 11) is 0. The normalized spacial score (nSPS) is 14.4. The van der Waals surface area contributed by atoms with E-state index in [1.807, 2.05) is 11.8 Å². The van der Waals surface area contributed by atoms with Gasteiger partial charge in [-0.15, -0.1) is 0 Å². The van der Waals surface area contributed by atoms with Gasteiger partial charge in [-0.05, 0) is 0 Å². The molecular formula is C11H15N3O2S. The molecule has 6 heteroatoms. The molecule has 0 saturated heterocycles. The quantitative estimate of drug-likeness (QED) is 0.866. The molecular weight excluding hydrogens is 238 g/mol. The minimum absolute atomic E-state index is 0.113. The highest BCUT2D eigenvalue weighted by Gasteiger charge is 2.23. The van der Waals surface area contributed by atoms with Gasteiger partial charge in [-0.3, -0.25) is 9.59 Å². The number of amides is 2. The van der Waals surface area contributed by atoms with E-state index in [1.54, 1.807) is 0 Å². The molecule has 0 saturated carbocycles. The summed E-state index contributed by atoms with van der Waals surface area (Å²) in [6, 6.07) is 0. The molecule has 0 spiro atoms. The van der Waals surface area contributed by atoms with Gasteiger partial charge in [0.2, 0.25) is 11.8 Å². The Labute approximate surface area is 104 Å². The third-order valence-corrected chi connectivity index (χ3v) is 3.67. The Morgan fingerprint density at radius 2 is 2.29 bits per heavy atom. The van der Waals surface area contributed by atoms with Gasteiger partial charge in [0.15, 0.2) is 5.13 Å². The van der Waals surface area contributed by atoms with Gasteiger partial charge < -0.3 is 10.2 Å². The van der Waals surface area contributed by atoms with Crippen molar-refractivity contribution in [1.82, 2.24) is 9.88 Å². The molecule has 0 aromatic carbocycles. The number of rotatable bonds is 2. The third kappa shape index (κ3) is 2.63. The monoisotopic (exact) mass is 253 g/mol. The van der Waals surface area contributed by atoms with Gasteiger partial charge in [-0.25, -0.2) is 4.98 Å². The fourth-order valence-corrected chi connectivity index (χ4v) is 2.91. The van der Waals surface area contributed by atoms with Gasteiger partial charge in [0.1, 0.15) is 0 Å². The molecule has 1 N–H and O–H groups in total. The van der Waals surface area contributed by atoms with Crippen LogP contribution in [0.1, 0.15) is 30.8 Å². The zero-order valence-electron chi connectivity index (χ0n) is 9.95. The summed E-state index contributed by atoms with van der Waals surface area (Å²) >= 11 is 1.46. The number of nitrogens with zero attached hydrogens (tertiary/aromatic N) is 2. The predicted octanol–water partition coefficient (Wildman–Crippen LogP) is 1.40. The lowest BCUT2D eigenvalue weighted by Gasteiger charge is -2.25. The summed E-state index contributed by atoms with van der Waals surface area (Å²) in [5.41, 5.74) is 1.01. The van der Waals surface area contributed by atoms with Gasteiger partial charge in [-0.1, -0.05) is 18.3 Å². The molecule has 5 nitrogen and oxygen atoms in total. The Morgan fingerprint density at radius 3 is 2.94 bits per heavy atom. The van der Waals surface area contributed by atoms with Crippen LogP contribution in [-0.2, 0) is 22.6 Å². The number of hydrogen-bond acceptors (Lipinski definition) is 4. The molecule has 2 rings (SSSR count). The summed E-state index contributed by atoms with van der Waals surface area (Å²) in [6.07, 6.45) is 1.31. The van der Waals surface area contributed by atoms with Crippen LogP contribution >= 0.6 is 11.3 Å². The second kappa shape index (κ2) is 4.83. The standard InChI is InChI=1S/C11H15N3O2S/c1-3-10(16)14-5-4-8-9(6-14)17-11(13-8)12-7(2)15/h3-6H2,1-2H3,(H,12,13,15). The maximum atomic E-state index is 11.6. The molecule has 2 amide bonds. The second-order valence-corrected chi connectivity index (χ2v) is 5.07. The number of anilines is 1. The molecule has 0 fully saturated rings. The number of thiazole rings is 1. The summed E-state index contributed by atoms with van der Waals surface area (Å²) in [5.74, 6) is 0.0581. The molecule has 0 aliphatic carbocycles. The largest absolute Gasteiger partial charge is 0.337 e. The highest BCUT2D eigenvalue weighted by atomic mass is 32.1. The van der Waals surface area contributed by atoms with Gasteiger partial charge in [0.05, 0.1) is 12.2 Å². The molecule has 92 valence electrons. The van der Waals surface area contributed by atoms with Gasteiger partial charge >= 0.3 is 0 Å². The van der Waals surface area contributed by atoms with Crippen LogP contribution in [-0.4, -0.2) is 28.2 Å². The lowest BCUT2D eigenvalue weighted by atomic mass is 10.1. The summed E-state index contributed by atoms with van der Waals surface area (Å²) in [5, 5.41) is 3.32. The maximum Gasteiger partial charge on any atom is 0.223 e. The Morgan fingerprint density at radius 1 is 1.53 bits per heavy atom. The van der Waals surface area contributed by atoms with Crippen molar-refractivity contribution in [2.24, 2.45) is 0 Å². The first-order valence-corrected chi connectivity index (χ1v) is 6.45. The Bertz CT molecular complexity index is 456. The first-order chi connectivity index (χ1) is 8.10. The van der Waals surface area contributed by atoms with E-state index in [0.29, 0.717) is 18.1 Å². The molecule has 1 aliphatic heterocycles. The smallest absolute Gasteiger partial charge is 0.223 e. The van der Waals surface area contributed by atoms with Gasteiger partial charge in [0.25, 0.3) is 0 Å². The van der Waals surface area contributed by atoms with E-state index in [1.165, 1.54) is 18.3 Å². The third-order valence-electron chi connectivity index (χ3n) is 2.67. The van der Waals surface area contributed by atoms with E-state index >= 15 is 0 Å². The first-order valence-electron chi connectivity index (χ1n) is 5.64. The lowest BCUT2D eigenvalue weighted by Crippen LogP contribution is -2.34. The van der Waals surface area contributed by atoms with Crippen molar-refractivity contribution in [1.29, 1.82) is 0 Å². The molecule has 17 heavy (non-hydrogen) atoms. The Hall–Kier alpha value is -1.43. The van der Waals surface area contributed by atoms with Crippen LogP contribution in [0, 0.1) is 0 Å². The van der Waals surface area contributed by atoms with Crippen molar-refractivity contribution in [3.8, 4) is 0 Å². The molecule has 0 unspecified atom stereocenters.